The standard InChI is InChI=1S/C19H19NO4/c21-15-7-5-14-12-20(9-10-23-18(14)11-15)19(22)17-8-6-13-3-1-2-4-16(13)24-17/h1-5,7,11,17,21H,6,8-10,12H2. The molecule has 2 heterocycles. The minimum Gasteiger partial charge on any atom is -0.508 e. The molecule has 1 amide bonds. The van der Waals surface area contributed by atoms with Gasteiger partial charge in [-0.15, -0.1) is 0 Å². The molecule has 124 valence electrons. The number of hydrogen-bond donors (Lipinski definition) is 1. The zero-order chi connectivity index (χ0) is 16.5. The molecular weight excluding hydrogens is 306 g/mol. The second-order valence-electron chi connectivity index (χ2n) is 6.15. The molecule has 2 aromatic carbocycles. The summed E-state index contributed by atoms with van der Waals surface area (Å²) in [5.74, 6) is 1.61. The maximum atomic E-state index is 12.9. The number of benzene rings is 2. The van der Waals surface area contributed by atoms with Gasteiger partial charge in [-0.25, -0.2) is 0 Å². The van der Waals surface area contributed by atoms with Gasteiger partial charge in [-0.3, -0.25) is 4.79 Å². The van der Waals surface area contributed by atoms with Crippen LogP contribution in [0.2, 0.25) is 0 Å². The summed E-state index contributed by atoms with van der Waals surface area (Å²) in [5.41, 5.74) is 2.05. The third-order valence-corrected chi connectivity index (χ3v) is 4.54. The summed E-state index contributed by atoms with van der Waals surface area (Å²) >= 11 is 0. The first-order valence-electron chi connectivity index (χ1n) is 8.19. The number of aryl methyl sites for hydroxylation is 1. The number of aromatic hydroxyl groups is 1. The van der Waals surface area contributed by atoms with Gasteiger partial charge < -0.3 is 19.5 Å². The predicted octanol–water partition coefficient (Wildman–Crippen LogP) is 2.51. The van der Waals surface area contributed by atoms with Gasteiger partial charge in [-0.2, -0.15) is 0 Å². The van der Waals surface area contributed by atoms with Gasteiger partial charge in [-0.05, 0) is 36.6 Å². The molecule has 0 radical (unpaired) electrons. The maximum absolute atomic E-state index is 12.9. The van der Waals surface area contributed by atoms with E-state index in [9.17, 15) is 9.90 Å². The quantitative estimate of drug-likeness (QED) is 0.875. The van der Waals surface area contributed by atoms with Crippen LogP contribution in [0.3, 0.4) is 0 Å². The van der Waals surface area contributed by atoms with Crippen LogP contribution in [0, 0.1) is 0 Å². The number of fused-ring (bicyclic) bond motifs is 2. The Morgan fingerprint density at radius 2 is 2.00 bits per heavy atom. The molecule has 1 unspecified atom stereocenters. The average Bonchev–Trinajstić information content (AvgIpc) is 2.82. The van der Waals surface area contributed by atoms with Crippen molar-refractivity contribution in [2.45, 2.75) is 25.5 Å². The van der Waals surface area contributed by atoms with E-state index in [-0.39, 0.29) is 11.7 Å². The van der Waals surface area contributed by atoms with E-state index >= 15 is 0 Å². The Kier molecular flexibility index (Phi) is 3.76. The molecule has 0 bridgehead atoms. The molecule has 1 atom stereocenters. The Morgan fingerprint density at radius 1 is 1.12 bits per heavy atom. The van der Waals surface area contributed by atoms with E-state index < -0.39 is 6.10 Å². The molecule has 0 spiro atoms. The minimum atomic E-state index is -0.446. The SMILES string of the molecule is O=C(C1CCc2ccccc2O1)N1CCOc2cc(O)ccc2C1. The van der Waals surface area contributed by atoms with Crippen molar-refractivity contribution in [2.24, 2.45) is 0 Å². The Labute approximate surface area is 140 Å². The van der Waals surface area contributed by atoms with Crippen LogP contribution in [0.4, 0.5) is 0 Å². The Balaban J connectivity index is 1.52. The van der Waals surface area contributed by atoms with Gasteiger partial charge in [0.2, 0.25) is 0 Å². The Morgan fingerprint density at radius 3 is 2.92 bits per heavy atom. The average molecular weight is 325 g/mol. The summed E-state index contributed by atoms with van der Waals surface area (Å²) in [7, 11) is 0. The highest BCUT2D eigenvalue weighted by Gasteiger charge is 2.31. The summed E-state index contributed by atoms with van der Waals surface area (Å²) < 4.78 is 11.6. The number of nitrogens with zero attached hydrogens (tertiary/aromatic N) is 1. The molecule has 0 fully saturated rings. The number of amides is 1. The lowest BCUT2D eigenvalue weighted by atomic mass is 10.0. The second-order valence-corrected chi connectivity index (χ2v) is 6.15. The first kappa shape index (κ1) is 14.9. The number of phenols is 1. The Bertz CT molecular complexity index is 774. The number of hydrogen-bond acceptors (Lipinski definition) is 4. The molecule has 0 aliphatic carbocycles. The predicted molar refractivity (Wildman–Crippen MR) is 88.2 cm³/mol. The summed E-state index contributed by atoms with van der Waals surface area (Å²) in [6, 6.07) is 12.9. The van der Waals surface area contributed by atoms with Gasteiger partial charge >= 0.3 is 0 Å². The molecule has 2 aliphatic heterocycles. The fourth-order valence-electron chi connectivity index (χ4n) is 3.25. The van der Waals surface area contributed by atoms with Crippen LogP contribution in [0.25, 0.3) is 0 Å². The van der Waals surface area contributed by atoms with E-state index in [2.05, 4.69) is 0 Å². The van der Waals surface area contributed by atoms with Crippen molar-refractivity contribution >= 4 is 5.91 Å². The van der Waals surface area contributed by atoms with Crippen LogP contribution < -0.4 is 9.47 Å². The zero-order valence-electron chi connectivity index (χ0n) is 13.3. The lowest BCUT2D eigenvalue weighted by molar-refractivity contribution is -0.140. The molecular formula is C19H19NO4. The number of ether oxygens (including phenoxy) is 2. The third-order valence-electron chi connectivity index (χ3n) is 4.54. The zero-order valence-corrected chi connectivity index (χ0v) is 13.3. The van der Waals surface area contributed by atoms with Gasteiger partial charge in [0.25, 0.3) is 5.91 Å². The van der Waals surface area contributed by atoms with Gasteiger partial charge in [-0.1, -0.05) is 18.2 Å². The van der Waals surface area contributed by atoms with E-state index in [0.717, 1.165) is 23.3 Å². The van der Waals surface area contributed by atoms with Crippen LogP contribution in [0.1, 0.15) is 17.5 Å². The topological polar surface area (TPSA) is 59.0 Å². The molecule has 5 heteroatoms. The van der Waals surface area contributed by atoms with Crippen molar-refractivity contribution in [3.63, 3.8) is 0 Å². The second kappa shape index (κ2) is 6.07. The molecule has 2 aromatic rings. The molecule has 0 saturated heterocycles. The fraction of sp³-hybridized carbons (Fsp3) is 0.316. The highest BCUT2D eigenvalue weighted by molar-refractivity contribution is 5.82. The maximum Gasteiger partial charge on any atom is 0.264 e. The highest BCUT2D eigenvalue weighted by atomic mass is 16.5. The van der Waals surface area contributed by atoms with Gasteiger partial charge in [0, 0.05) is 18.2 Å². The van der Waals surface area contributed by atoms with Crippen molar-refractivity contribution in [3.05, 3.63) is 53.6 Å². The number of carbonyl (C=O) groups excluding carboxylic acids is 1. The first-order chi connectivity index (χ1) is 11.7. The van der Waals surface area contributed by atoms with E-state index in [1.165, 1.54) is 0 Å². The summed E-state index contributed by atoms with van der Waals surface area (Å²) in [6.45, 7) is 1.39. The molecule has 24 heavy (non-hydrogen) atoms. The molecule has 2 aliphatic rings. The normalized spacial score (nSPS) is 19.3. The fourth-order valence-corrected chi connectivity index (χ4v) is 3.25. The largest absolute Gasteiger partial charge is 0.508 e. The van der Waals surface area contributed by atoms with Crippen LogP contribution in [0.5, 0.6) is 17.2 Å². The number of phenolic OH excluding ortho intramolecular Hbond substituents is 1. The monoisotopic (exact) mass is 325 g/mol. The van der Waals surface area contributed by atoms with E-state index in [0.29, 0.717) is 31.9 Å². The molecule has 4 rings (SSSR count). The van der Waals surface area contributed by atoms with Gasteiger partial charge in [0.15, 0.2) is 6.10 Å². The van der Waals surface area contributed by atoms with Crippen molar-refractivity contribution in [3.8, 4) is 17.2 Å². The van der Waals surface area contributed by atoms with Crippen LogP contribution in [0.15, 0.2) is 42.5 Å². The van der Waals surface area contributed by atoms with Crippen LogP contribution in [-0.2, 0) is 17.8 Å². The summed E-state index contributed by atoms with van der Waals surface area (Å²) in [6.07, 6.45) is 1.09. The van der Waals surface area contributed by atoms with Crippen LogP contribution in [-0.4, -0.2) is 35.2 Å². The number of rotatable bonds is 1. The third kappa shape index (κ3) is 2.77. The summed E-state index contributed by atoms with van der Waals surface area (Å²) in [5, 5.41) is 9.57. The summed E-state index contributed by atoms with van der Waals surface area (Å²) in [4.78, 5) is 14.7. The Hall–Kier alpha value is -2.69. The van der Waals surface area contributed by atoms with Crippen molar-refractivity contribution in [1.82, 2.24) is 4.90 Å². The van der Waals surface area contributed by atoms with E-state index in [1.54, 1.807) is 23.1 Å². The number of carbonyl (C=O) groups is 1. The van der Waals surface area contributed by atoms with Crippen molar-refractivity contribution < 1.29 is 19.4 Å². The van der Waals surface area contributed by atoms with Gasteiger partial charge in [0.05, 0.1) is 6.54 Å². The lowest BCUT2D eigenvalue weighted by Crippen LogP contribution is -2.44. The van der Waals surface area contributed by atoms with Gasteiger partial charge in [0.1, 0.15) is 23.9 Å². The smallest absolute Gasteiger partial charge is 0.264 e. The minimum absolute atomic E-state index is 0.00553. The molecule has 0 saturated carbocycles. The molecule has 5 nitrogen and oxygen atoms in total. The van der Waals surface area contributed by atoms with E-state index in [4.69, 9.17) is 9.47 Å². The first-order valence-corrected chi connectivity index (χ1v) is 8.19. The lowest BCUT2D eigenvalue weighted by Gasteiger charge is -2.29. The van der Waals surface area contributed by atoms with Crippen molar-refractivity contribution in [1.29, 1.82) is 0 Å². The molecule has 1 N–H and O–H groups in total. The van der Waals surface area contributed by atoms with Crippen LogP contribution >= 0.6 is 0 Å². The van der Waals surface area contributed by atoms with E-state index in [1.807, 2.05) is 24.3 Å². The molecule has 0 aromatic heterocycles. The highest BCUT2D eigenvalue weighted by Crippen LogP contribution is 2.30. The number of para-hydroxylation sites is 1. The van der Waals surface area contributed by atoms with Crippen molar-refractivity contribution in [2.75, 3.05) is 13.2 Å².